The van der Waals surface area contributed by atoms with Crippen molar-refractivity contribution in [1.29, 1.82) is 0 Å². The molecule has 1 aromatic rings. The van der Waals surface area contributed by atoms with Crippen molar-refractivity contribution in [3.8, 4) is 0 Å². The van der Waals surface area contributed by atoms with Gasteiger partial charge in [-0.3, -0.25) is 0 Å². The number of aryl methyl sites for hydroxylation is 1. The Labute approximate surface area is 81.4 Å². The lowest BCUT2D eigenvalue weighted by atomic mass is 9.99. The molecule has 0 N–H and O–H groups in total. The molecule has 0 amide bonds. The Balaban J connectivity index is 2.98. The minimum absolute atomic E-state index is 0.510. The van der Waals surface area contributed by atoms with Crippen LogP contribution >= 0.6 is 0 Å². The quantitative estimate of drug-likeness (QED) is 0.686. The van der Waals surface area contributed by atoms with Crippen LogP contribution in [0.4, 0.5) is 0 Å². The first-order valence-corrected chi connectivity index (χ1v) is 4.91. The van der Waals surface area contributed by atoms with Crippen LogP contribution in [0.15, 0.2) is 24.3 Å². The number of hydrogen-bond donors (Lipinski definition) is 0. The molecule has 0 aliphatic heterocycles. The van der Waals surface area contributed by atoms with E-state index in [2.05, 4.69) is 57.1 Å². The van der Waals surface area contributed by atoms with E-state index in [9.17, 15) is 0 Å². The van der Waals surface area contributed by atoms with Gasteiger partial charge < -0.3 is 4.90 Å². The van der Waals surface area contributed by atoms with E-state index in [1.807, 2.05) is 0 Å². The first-order valence-electron chi connectivity index (χ1n) is 4.91. The number of rotatable bonds is 3. The lowest BCUT2D eigenvalue weighted by Crippen LogP contribution is -2.17. The van der Waals surface area contributed by atoms with Gasteiger partial charge in [0.25, 0.3) is 0 Å². The van der Waals surface area contributed by atoms with Crippen molar-refractivity contribution in [1.82, 2.24) is 4.90 Å². The van der Waals surface area contributed by atoms with Crippen molar-refractivity contribution in [2.24, 2.45) is 0 Å². The molecule has 1 heteroatoms. The van der Waals surface area contributed by atoms with Gasteiger partial charge in [0.2, 0.25) is 0 Å². The van der Waals surface area contributed by atoms with Gasteiger partial charge in [-0.05, 0) is 38.6 Å². The average Bonchev–Trinajstić information content (AvgIpc) is 2.16. The molecule has 1 aromatic carbocycles. The van der Waals surface area contributed by atoms with Crippen LogP contribution in [0.1, 0.15) is 31.0 Å². The van der Waals surface area contributed by atoms with Crippen molar-refractivity contribution < 1.29 is 0 Å². The van der Waals surface area contributed by atoms with Crippen LogP contribution in [0.5, 0.6) is 0 Å². The Morgan fingerprint density at radius 3 is 2.38 bits per heavy atom. The molecule has 0 fully saturated rings. The zero-order chi connectivity index (χ0) is 9.84. The molecule has 0 aliphatic rings. The van der Waals surface area contributed by atoms with Gasteiger partial charge in [-0.1, -0.05) is 31.2 Å². The first-order chi connectivity index (χ1) is 6.16. The standard InChI is InChI=1S/C12H19N/c1-5-11-8-6-7-9-12(11)10(2)13(3)4/h6-10H,5H2,1-4H3/t10-/m1/s1. The van der Waals surface area contributed by atoms with E-state index in [0.29, 0.717) is 6.04 Å². The summed E-state index contributed by atoms with van der Waals surface area (Å²) in [6.07, 6.45) is 1.12. The van der Waals surface area contributed by atoms with Crippen LogP contribution in [0, 0.1) is 0 Å². The van der Waals surface area contributed by atoms with Crippen LogP contribution in [0.3, 0.4) is 0 Å². The van der Waals surface area contributed by atoms with Crippen molar-refractivity contribution in [2.75, 3.05) is 14.1 Å². The van der Waals surface area contributed by atoms with Gasteiger partial charge in [0.05, 0.1) is 0 Å². The van der Waals surface area contributed by atoms with E-state index in [1.165, 1.54) is 11.1 Å². The summed E-state index contributed by atoms with van der Waals surface area (Å²) in [6, 6.07) is 9.19. The third-order valence-corrected chi connectivity index (χ3v) is 2.66. The summed E-state index contributed by atoms with van der Waals surface area (Å²) in [5.41, 5.74) is 2.92. The van der Waals surface area contributed by atoms with E-state index < -0.39 is 0 Å². The van der Waals surface area contributed by atoms with E-state index >= 15 is 0 Å². The third-order valence-electron chi connectivity index (χ3n) is 2.66. The van der Waals surface area contributed by atoms with Gasteiger partial charge in [-0.2, -0.15) is 0 Å². The zero-order valence-electron chi connectivity index (χ0n) is 9.04. The van der Waals surface area contributed by atoms with Gasteiger partial charge in [-0.25, -0.2) is 0 Å². The summed E-state index contributed by atoms with van der Waals surface area (Å²) >= 11 is 0. The predicted molar refractivity (Wildman–Crippen MR) is 57.9 cm³/mol. The maximum absolute atomic E-state index is 2.24. The summed E-state index contributed by atoms with van der Waals surface area (Å²) in [7, 11) is 4.24. The van der Waals surface area contributed by atoms with E-state index in [1.54, 1.807) is 0 Å². The van der Waals surface area contributed by atoms with Crippen LogP contribution in [0.2, 0.25) is 0 Å². The summed E-state index contributed by atoms with van der Waals surface area (Å²) in [5, 5.41) is 0. The summed E-state index contributed by atoms with van der Waals surface area (Å²) in [6.45, 7) is 4.45. The molecular formula is C12H19N. The maximum Gasteiger partial charge on any atom is 0.0316 e. The summed E-state index contributed by atoms with van der Waals surface area (Å²) in [5.74, 6) is 0. The second-order valence-corrected chi connectivity index (χ2v) is 3.69. The van der Waals surface area contributed by atoms with Crippen LogP contribution in [0.25, 0.3) is 0 Å². The highest BCUT2D eigenvalue weighted by atomic mass is 15.1. The molecular weight excluding hydrogens is 158 g/mol. The molecule has 0 unspecified atom stereocenters. The molecule has 0 heterocycles. The lowest BCUT2D eigenvalue weighted by Gasteiger charge is -2.22. The Morgan fingerprint density at radius 2 is 1.85 bits per heavy atom. The highest BCUT2D eigenvalue weighted by molar-refractivity contribution is 5.29. The van der Waals surface area contributed by atoms with Crippen LogP contribution in [-0.4, -0.2) is 19.0 Å². The number of benzene rings is 1. The molecule has 1 atom stereocenters. The zero-order valence-corrected chi connectivity index (χ0v) is 9.04. The van der Waals surface area contributed by atoms with Crippen LogP contribution in [-0.2, 0) is 6.42 Å². The van der Waals surface area contributed by atoms with Gasteiger partial charge in [0.1, 0.15) is 0 Å². The second kappa shape index (κ2) is 4.43. The van der Waals surface area contributed by atoms with Gasteiger partial charge in [0.15, 0.2) is 0 Å². The fourth-order valence-electron chi connectivity index (χ4n) is 1.54. The third kappa shape index (κ3) is 2.31. The molecule has 1 nitrogen and oxygen atoms in total. The molecule has 0 bridgehead atoms. The molecule has 0 aliphatic carbocycles. The normalized spacial score (nSPS) is 13.3. The Kier molecular flexibility index (Phi) is 3.49. The van der Waals surface area contributed by atoms with Gasteiger partial charge in [0, 0.05) is 6.04 Å². The lowest BCUT2D eigenvalue weighted by molar-refractivity contribution is 0.319. The molecule has 72 valence electrons. The second-order valence-electron chi connectivity index (χ2n) is 3.69. The smallest absolute Gasteiger partial charge is 0.0316 e. The molecule has 0 radical (unpaired) electrons. The number of nitrogens with zero attached hydrogens (tertiary/aromatic N) is 1. The fraction of sp³-hybridized carbons (Fsp3) is 0.500. The number of hydrogen-bond acceptors (Lipinski definition) is 1. The molecule has 0 spiro atoms. The van der Waals surface area contributed by atoms with Gasteiger partial charge >= 0.3 is 0 Å². The predicted octanol–water partition coefficient (Wildman–Crippen LogP) is 2.87. The van der Waals surface area contributed by atoms with Crippen molar-refractivity contribution in [3.63, 3.8) is 0 Å². The molecule has 0 saturated heterocycles. The Morgan fingerprint density at radius 1 is 1.23 bits per heavy atom. The average molecular weight is 177 g/mol. The summed E-state index contributed by atoms with van der Waals surface area (Å²) in [4.78, 5) is 2.24. The van der Waals surface area contributed by atoms with Gasteiger partial charge in [-0.15, -0.1) is 0 Å². The topological polar surface area (TPSA) is 3.24 Å². The molecule has 1 rings (SSSR count). The minimum Gasteiger partial charge on any atom is -0.303 e. The first kappa shape index (κ1) is 10.3. The van der Waals surface area contributed by atoms with Crippen molar-refractivity contribution >= 4 is 0 Å². The van der Waals surface area contributed by atoms with Crippen molar-refractivity contribution in [2.45, 2.75) is 26.3 Å². The minimum atomic E-state index is 0.510. The van der Waals surface area contributed by atoms with Crippen LogP contribution < -0.4 is 0 Å². The van der Waals surface area contributed by atoms with E-state index in [-0.39, 0.29) is 0 Å². The SMILES string of the molecule is CCc1ccccc1[C@@H](C)N(C)C. The molecule has 0 saturated carbocycles. The van der Waals surface area contributed by atoms with E-state index in [4.69, 9.17) is 0 Å². The van der Waals surface area contributed by atoms with Crippen molar-refractivity contribution in [3.05, 3.63) is 35.4 Å². The largest absolute Gasteiger partial charge is 0.303 e. The fourth-order valence-corrected chi connectivity index (χ4v) is 1.54. The highest BCUT2D eigenvalue weighted by Crippen LogP contribution is 2.21. The molecule has 13 heavy (non-hydrogen) atoms. The highest BCUT2D eigenvalue weighted by Gasteiger charge is 2.10. The molecule has 0 aromatic heterocycles. The maximum atomic E-state index is 2.24. The Bertz CT molecular complexity index is 266. The monoisotopic (exact) mass is 177 g/mol. The Hall–Kier alpha value is -0.820. The summed E-state index contributed by atoms with van der Waals surface area (Å²) < 4.78 is 0. The van der Waals surface area contributed by atoms with E-state index in [0.717, 1.165) is 6.42 Å².